The van der Waals surface area contributed by atoms with Crippen LogP contribution in [0.25, 0.3) is 0 Å². The van der Waals surface area contributed by atoms with Gasteiger partial charge in [0.2, 0.25) is 11.8 Å². The highest BCUT2D eigenvalue weighted by Crippen LogP contribution is 2.21. The number of morpholine rings is 1. The zero-order chi connectivity index (χ0) is 16.6. The van der Waals surface area contributed by atoms with Crippen molar-refractivity contribution < 1.29 is 23.1 Å². The van der Waals surface area contributed by atoms with Gasteiger partial charge in [0.25, 0.3) is 6.43 Å². The monoisotopic (exact) mass is 324 g/mol. The summed E-state index contributed by atoms with van der Waals surface area (Å²) in [6, 6.07) is 4.57. The molecule has 0 aromatic heterocycles. The van der Waals surface area contributed by atoms with E-state index in [1.165, 1.54) is 12.1 Å². The number of amides is 2. The lowest BCUT2D eigenvalue weighted by atomic mass is 9.98. The number of hydrogen-bond acceptors (Lipinski definition) is 3. The zero-order valence-corrected chi connectivity index (χ0v) is 12.7. The first-order valence-corrected chi connectivity index (χ1v) is 7.55. The minimum atomic E-state index is -2.52. The first-order valence-electron chi connectivity index (χ1n) is 7.55. The molecule has 2 aliphatic rings. The Morgan fingerprint density at radius 2 is 2.00 bits per heavy atom. The third-order valence-electron chi connectivity index (χ3n) is 4.24. The summed E-state index contributed by atoms with van der Waals surface area (Å²) in [4.78, 5) is 26.3. The molecule has 0 aliphatic carbocycles. The van der Waals surface area contributed by atoms with E-state index in [-0.39, 0.29) is 36.5 Å². The number of halogens is 2. The number of ether oxygens (including phenoxy) is 1. The summed E-state index contributed by atoms with van der Waals surface area (Å²) in [5.41, 5.74) is 0.669. The Morgan fingerprint density at radius 1 is 1.30 bits per heavy atom. The molecule has 3 rings (SSSR count). The van der Waals surface area contributed by atoms with Gasteiger partial charge in [-0.05, 0) is 12.5 Å². The van der Waals surface area contributed by atoms with Crippen LogP contribution in [0.5, 0.6) is 0 Å². The van der Waals surface area contributed by atoms with E-state index in [9.17, 15) is 18.4 Å². The Kier molecular flexibility index (Phi) is 4.30. The summed E-state index contributed by atoms with van der Waals surface area (Å²) in [5, 5.41) is 2.71. The Labute approximate surface area is 132 Å². The fraction of sp³-hybridized carbons (Fsp3) is 0.500. The summed E-state index contributed by atoms with van der Waals surface area (Å²) >= 11 is 0. The van der Waals surface area contributed by atoms with E-state index in [1.54, 1.807) is 17.0 Å². The number of benzene rings is 1. The molecule has 0 bridgehead atoms. The number of fused-ring (bicyclic) bond motifs is 1. The highest BCUT2D eigenvalue weighted by atomic mass is 19.3. The van der Waals surface area contributed by atoms with Gasteiger partial charge in [0.05, 0.1) is 12.7 Å². The van der Waals surface area contributed by atoms with Gasteiger partial charge in [0, 0.05) is 18.5 Å². The highest BCUT2D eigenvalue weighted by molar-refractivity contribution is 5.97. The van der Waals surface area contributed by atoms with Crippen molar-refractivity contribution in [1.82, 2.24) is 10.2 Å². The van der Waals surface area contributed by atoms with Gasteiger partial charge in [-0.2, -0.15) is 0 Å². The minimum Gasteiger partial charge on any atom is -0.374 e. The smallest absolute Gasteiger partial charge is 0.263 e. The van der Waals surface area contributed by atoms with Crippen LogP contribution < -0.4 is 5.32 Å². The maximum atomic E-state index is 12.6. The average Bonchev–Trinajstić information content (AvgIpc) is 2.52. The molecule has 2 amide bonds. The van der Waals surface area contributed by atoms with Crippen LogP contribution in [0, 0.1) is 0 Å². The molecule has 124 valence electrons. The summed E-state index contributed by atoms with van der Waals surface area (Å²) < 4.78 is 30.6. The normalized spacial score (nSPS) is 27.8. The lowest BCUT2D eigenvalue weighted by Gasteiger charge is -2.43. The third kappa shape index (κ3) is 3.19. The number of hydrogen-bond donors (Lipinski definition) is 1. The van der Waals surface area contributed by atoms with Crippen LogP contribution in [0.1, 0.15) is 24.5 Å². The van der Waals surface area contributed by atoms with Gasteiger partial charge in [-0.15, -0.1) is 0 Å². The second kappa shape index (κ2) is 6.23. The van der Waals surface area contributed by atoms with E-state index >= 15 is 0 Å². The van der Waals surface area contributed by atoms with Crippen molar-refractivity contribution in [3.8, 4) is 0 Å². The van der Waals surface area contributed by atoms with Gasteiger partial charge in [0.1, 0.15) is 12.1 Å². The third-order valence-corrected chi connectivity index (χ3v) is 4.24. The molecule has 1 aromatic rings. The number of nitrogens with one attached hydrogen (secondary N) is 1. The SMILES string of the molecule is C[C@H]1CN2C(=O)C(Cc3ccc(C(F)F)cc3)NC(=O)[C@@H]2CO1. The van der Waals surface area contributed by atoms with E-state index in [1.807, 2.05) is 6.92 Å². The van der Waals surface area contributed by atoms with E-state index in [2.05, 4.69) is 5.32 Å². The molecule has 2 heterocycles. The Morgan fingerprint density at radius 3 is 2.65 bits per heavy atom. The molecule has 2 fully saturated rings. The maximum Gasteiger partial charge on any atom is 0.263 e. The van der Waals surface area contributed by atoms with E-state index in [0.717, 1.165) is 5.56 Å². The Balaban J connectivity index is 1.72. The number of rotatable bonds is 3. The molecule has 3 atom stereocenters. The topological polar surface area (TPSA) is 58.6 Å². The van der Waals surface area contributed by atoms with E-state index in [0.29, 0.717) is 6.54 Å². The van der Waals surface area contributed by atoms with Crippen molar-refractivity contribution in [3.05, 3.63) is 35.4 Å². The molecular formula is C16H18F2N2O3. The number of carbonyl (C=O) groups excluding carboxylic acids is 2. The molecule has 5 nitrogen and oxygen atoms in total. The van der Waals surface area contributed by atoms with Crippen LogP contribution in [-0.4, -0.2) is 48.1 Å². The molecule has 2 aliphatic heterocycles. The van der Waals surface area contributed by atoms with Crippen LogP contribution >= 0.6 is 0 Å². The molecule has 1 aromatic carbocycles. The van der Waals surface area contributed by atoms with Crippen molar-refractivity contribution in [2.75, 3.05) is 13.2 Å². The molecule has 0 spiro atoms. The molecule has 0 radical (unpaired) electrons. The maximum absolute atomic E-state index is 12.6. The summed E-state index contributed by atoms with van der Waals surface area (Å²) in [6.07, 6.45) is -2.34. The van der Waals surface area contributed by atoms with Crippen LogP contribution in [0.2, 0.25) is 0 Å². The van der Waals surface area contributed by atoms with E-state index < -0.39 is 18.5 Å². The fourth-order valence-electron chi connectivity index (χ4n) is 2.97. The largest absolute Gasteiger partial charge is 0.374 e. The summed E-state index contributed by atoms with van der Waals surface area (Å²) in [6.45, 7) is 2.44. The minimum absolute atomic E-state index is 0.0603. The van der Waals surface area contributed by atoms with Crippen molar-refractivity contribution in [2.24, 2.45) is 0 Å². The van der Waals surface area contributed by atoms with E-state index in [4.69, 9.17) is 4.74 Å². The number of alkyl halides is 2. The first kappa shape index (κ1) is 15.9. The second-order valence-corrected chi connectivity index (χ2v) is 5.96. The van der Waals surface area contributed by atoms with Crippen LogP contribution in [-0.2, 0) is 20.7 Å². The molecule has 1 unspecified atom stereocenters. The van der Waals surface area contributed by atoms with Crippen LogP contribution in [0.15, 0.2) is 24.3 Å². The lowest BCUT2D eigenvalue weighted by molar-refractivity contribution is -0.161. The van der Waals surface area contributed by atoms with Crippen molar-refractivity contribution in [2.45, 2.75) is 38.0 Å². The van der Waals surface area contributed by atoms with Gasteiger partial charge in [-0.1, -0.05) is 24.3 Å². The molecule has 2 saturated heterocycles. The molecular weight excluding hydrogens is 306 g/mol. The zero-order valence-electron chi connectivity index (χ0n) is 12.7. The standard InChI is InChI=1S/C16H18F2N2O3/c1-9-7-20-13(8-23-9)15(21)19-12(16(20)22)6-10-2-4-11(5-3-10)14(17)18/h2-5,9,12-14H,6-8H2,1H3,(H,19,21)/t9-,12?,13-/m0/s1. The average molecular weight is 324 g/mol. The van der Waals surface area contributed by atoms with Crippen molar-refractivity contribution in [3.63, 3.8) is 0 Å². The van der Waals surface area contributed by atoms with Gasteiger partial charge in [0.15, 0.2) is 0 Å². The summed E-state index contributed by atoms with van der Waals surface area (Å²) in [5.74, 6) is -0.381. The Hall–Kier alpha value is -2.02. The van der Waals surface area contributed by atoms with Crippen LogP contribution in [0.3, 0.4) is 0 Å². The Bertz CT molecular complexity index is 606. The lowest BCUT2D eigenvalue weighted by Crippen LogP contribution is -2.68. The highest BCUT2D eigenvalue weighted by Gasteiger charge is 2.43. The number of piperazine rings is 1. The molecule has 23 heavy (non-hydrogen) atoms. The van der Waals surface area contributed by atoms with Crippen molar-refractivity contribution >= 4 is 11.8 Å². The quantitative estimate of drug-likeness (QED) is 0.911. The van der Waals surface area contributed by atoms with Gasteiger partial charge in [-0.3, -0.25) is 9.59 Å². The predicted octanol–water partition coefficient (Wildman–Crippen LogP) is 1.28. The predicted molar refractivity (Wildman–Crippen MR) is 77.9 cm³/mol. The first-order chi connectivity index (χ1) is 11.0. The van der Waals surface area contributed by atoms with Crippen LogP contribution in [0.4, 0.5) is 8.78 Å². The van der Waals surface area contributed by atoms with Gasteiger partial charge >= 0.3 is 0 Å². The van der Waals surface area contributed by atoms with Gasteiger partial charge < -0.3 is 15.0 Å². The fourth-order valence-corrected chi connectivity index (χ4v) is 2.97. The summed E-state index contributed by atoms with van der Waals surface area (Å²) in [7, 11) is 0. The second-order valence-electron chi connectivity index (χ2n) is 5.96. The van der Waals surface area contributed by atoms with Gasteiger partial charge in [-0.25, -0.2) is 8.78 Å². The molecule has 1 N–H and O–H groups in total. The molecule has 7 heteroatoms. The molecule has 0 saturated carbocycles. The van der Waals surface area contributed by atoms with Crippen molar-refractivity contribution in [1.29, 1.82) is 0 Å². The number of nitrogens with zero attached hydrogens (tertiary/aromatic N) is 1. The number of carbonyl (C=O) groups is 2.